The molecule has 0 spiro atoms. The van der Waals surface area contributed by atoms with E-state index < -0.39 is 0 Å². The number of nitrogens with zero attached hydrogens (tertiary/aromatic N) is 2. The molecule has 178 valence electrons. The summed E-state index contributed by atoms with van der Waals surface area (Å²) >= 11 is 0. The number of nitrogens with two attached hydrogens (primary N) is 1. The van der Waals surface area contributed by atoms with Crippen LogP contribution in [0.4, 0.5) is 0 Å². The fourth-order valence-electron chi connectivity index (χ4n) is 6.89. The summed E-state index contributed by atoms with van der Waals surface area (Å²) in [5.74, 6) is 1.69. The molecule has 2 saturated heterocycles. The van der Waals surface area contributed by atoms with Gasteiger partial charge in [-0.05, 0) is 56.9 Å². The van der Waals surface area contributed by atoms with Gasteiger partial charge in [-0.25, -0.2) is 4.90 Å². The maximum Gasteiger partial charge on any atom is 0.323 e. The van der Waals surface area contributed by atoms with Crippen LogP contribution < -0.4 is 5.32 Å². The highest BCUT2D eigenvalue weighted by Crippen LogP contribution is 2.31. The zero-order valence-corrected chi connectivity index (χ0v) is 20.0. The summed E-state index contributed by atoms with van der Waals surface area (Å²) in [6.07, 6.45) is 16.1. The smallest absolute Gasteiger partial charge is 0.323 e. The molecule has 0 amide bonds. The molecular weight excluding hydrogens is 390 g/mol. The molecule has 3 unspecified atom stereocenters. The normalized spacial score (nSPS) is 35.7. The van der Waals surface area contributed by atoms with Gasteiger partial charge in [0.25, 0.3) is 0 Å². The third-order valence-electron chi connectivity index (χ3n) is 8.84. The number of hydrogen-bond acceptors (Lipinski definition) is 5. The van der Waals surface area contributed by atoms with Crippen molar-refractivity contribution in [1.82, 2.24) is 9.80 Å². The number of fused-ring (bicyclic) bond motifs is 1. The Morgan fingerprint density at radius 1 is 0.968 bits per heavy atom. The fourth-order valence-corrected chi connectivity index (χ4v) is 6.89. The van der Waals surface area contributed by atoms with Gasteiger partial charge in [0.15, 0.2) is 0 Å². The van der Waals surface area contributed by atoms with Gasteiger partial charge in [-0.1, -0.05) is 32.1 Å². The number of esters is 1. The van der Waals surface area contributed by atoms with Crippen molar-refractivity contribution in [3.63, 3.8) is 0 Å². The van der Waals surface area contributed by atoms with Gasteiger partial charge in [-0.15, -0.1) is 0 Å². The van der Waals surface area contributed by atoms with Gasteiger partial charge in [0.2, 0.25) is 0 Å². The van der Waals surface area contributed by atoms with E-state index in [0.717, 1.165) is 38.0 Å². The molecule has 31 heavy (non-hydrogen) atoms. The van der Waals surface area contributed by atoms with Crippen LogP contribution in [-0.4, -0.2) is 80.5 Å². The van der Waals surface area contributed by atoms with Crippen molar-refractivity contribution in [3.05, 3.63) is 0 Å². The van der Waals surface area contributed by atoms with Gasteiger partial charge in [0.05, 0.1) is 19.3 Å². The molecule has 0 aromatic carbocycles. The Labute approximate surface area is 189 Å². The monoisotopic (exact) mass is 436 g/mol. The molecule has 0 aromatic heterocycles. The maximum atomic E-state index is 12.6. The summed E-state index contributed by atoms with van der Waals surface area (Å²) in [6.45, 7) is 4.38. The van der Waals surface area contributed by atoms with Crippen molar-refractivity contribution in [3.8, 4) is 0 Å². The molecule has 3 atom stereocenters. The average Bonchev–Trinajstić information content (AvgIpc) is 3.20. The van der Waals surface area contributed by atoms with Crippen LogP contribution in [-0.2, 0) is 14.3 Å². The number of ether oxygens (including phenoxy) is 2. The highest BCUT2D eigenvalue weighted by molar-refractivity contribution is 5.75. The van der Waals surface area contributed by atoms with Crippen LogP contribution in [0.2, 0.25) is 0 Å². The zero-order valence-electron chi connectivity index (χ0n) is 20.0. The van der Waals surface area contributed by atoms with Crippen LogP contribution in [0, 0.1) is 11.8 Å². The number of carbonyl (C=O) groups excluding carboxylic acids is 1. The number of hydrogen-bond donors (Lipinski definition) is 1. The Morgan fingerprint density at radius 2 is 1.74 bits per heavy atom. The number of quaternary nitrogens is 1. The quantitative estimate of drug-likeness (QED) is 0.592. The number of carbonyl (C=O) groups is 1. The molecule has 0 bridgehead atoms. The van der Waals surface area contributed by atoms with E-state index in [-0.39, 0.29) is 12.0 Å². The first-order chi connectivity index (χ1) is 15.2. The second kappa shape index (κ2) is 11.4. The predicted octanol–water partition coefficient (Wildman–Crippen LogP) is 2.37. The lowest BCUT2D eigenvalue weighted by molar-refractivity contribution is -0.678. The number of likely N-dealkylation sites (tertiary alicyclic amines) is 1. The molecule has 4 aliphatic rings. The Kier molecular flexibility index (Phi) is 8.66. The molecule has 0 aromatic rings. The van der Waals surface area contributed by atoms with Crippen LogP contribution in [0.3, 0.4) is 0 Å². The zero-order chi connectivity index (χ0) is 21.6. The number of methoxy groups -OCH3 is 2. The third-order valence-corrected chi connectivity index (χ3v) is 8.84. The van der Waals surface area contributed by atoms with E-state index in [4.69, 9.17) is 9.47 Å². The van der Waals surface area contributed by atoms with Crippen LogP contribution in [0.5, 0.6) is 0 Å². The van der Waals surface area contributed by atoms with Gasteiger partial charge in [-0.2, -0.15) is 0 Å². The Bertz CT molecular complexity index is 560. The summed E-state index contributed by atoms with van der Waals surface area (Å²) in [5.41, 5.74) is 0. The number of piperidine rings is 1. The number of rotatable bonds is 8. The third kappa shape index (κ3) is 6.01. The fraction of sp³-hybridized carbons (Fsp3) is 0.960. The molecule has 2 heterocycles. The molecule has 0 radical (unpaired) electrons. The van der Waals surface area contributed by atoms with Crippen LogP contribution in [0.25, 0.3) is 0 Å². The molecular formula is C25H46N3O3+. The minimum absolute atomic E-state index is 0.0270. The van der Waals surface area contributed by atoms with Crippen LogP contribution in [0.15, 0.2) is 0 Å². The van der Waals surface area contributed by atoms with Crippen molar-refractivity contribution in [2.45, 2.75) is 101 Å². The first kappa shape index (κ1) is 23.5. The topological polar surface area (TPSA) is 58.6 Å². The molecule has 2 aliphatic carbocycles. The lowest BCUT2D eigenvalue weighted by Gasteiger charge is -2.41. The van der Waals surface area contributed by atoms with Crippen molar-refractivity contribution in [2.24, 2.45) is 11.8 Å². The first-order valence-corrected chi connectivity index (χ1v) is 13.1. The minimum atomic E-state index is -0.0500. The predicted molar refractivity (Wildman–Crippen MR) is 122 cm³/mol. The van der Waals surface area contributed by atoms with Crippen molar-refractivity contribution < 1.29 is 19.6 Å². The SMILES string of the molecule is COC(=O)C1CC2[NH2+]CN(CC3CCC(OC)CC3)C2CN1CCCC1CCCCC1. The van der Waals surface area contributed by atoms with Crippen LogP contribution in [0.1, 0.15) is 77.0 Å². The van der Waals surface area contributed by atoms with E-state index in [1.165, 1.54) is 77.2 Å². The maximum absolute atomic E-state index is 12.6. The molecule has 6 nitrogen and oxygen atoms in total. The second-order valence-electron chi connectivity index (χ2n) is 10.7. The molecule has 2 N–H and O–H groups in total. The van der Waals surface area contributed by atoms with Gasteiger partial charge >= 0.3 is 5.97 Å². The van der Waals surface area contributed by atoms with E-state index in [9.17, 15) is 4.79 Å². The second-order valence-corrected chi connectivity index (χ2v) is 10.7. The summed E-state index contributed by atoms with van der Waals surface area (Å²) in [6, 6.07) is 1.07. The lowest BCUT2D eigenvalue weighted by Crippen LogP contribution is -2.89. The minimum Gasteiger partial charge on any atom is -0.468 e. The lowest BCUT2D eigenvalue weighted by atomic mass is 9.85. The van der Waals surface area contributed by atoms with Crippen LogP contribution >= 0.6 is 0 Å². The van der Waals surface area contributed by atoms with E-state index in [1.807, 2.05) is 7.11 Å². The van der Waals surface area contributed by atoms with Crippen molar-refractivity contribution >= 4 is 5.97 Å². The van der Waals surface area contributed by atoms with E-state index in [0.29, 0.717) is 18.2 Å². The summed E-state index contributed by atoms with van der Waals surface area (Å²) < 4.78 is 10.8. The first-order valence-electron chi connectivity index (χ1n) is 13.1. The van der Waals surface area contributed by atoms with E-state index in [1.54, 1.807) is 7.11 Å². The average molecular weight is 437 g/mol. The largest absolute Gasteiger partial charge is 0.468 e. The Morgan fingerprint density at radius 3 is 2.45 bits per heavy atom. The van der Waals surface area contributed by atoms with E-state index >= 15 is 0 Å². The molecule has 6 heteroatoms. The Hall–Kier alpha value is -0.690. The van der Waals surface area contributed by atoms with Crippen molar-refractivity contribution in [2.75, 3.05) is 40.5 Å². The molecule has 2 saturated carbocycles. The standard InChI is InChI=1S/C25H45N3O3/c1-30-21-12-10-20(11-13-21)16-28-18-26-22-15-23(25(29)31-2)27(17-24(22)28)14-6-9-19-7-4-3-5-8-19/h19-24,26H,3-18H2,1-2H3/p+1. The Balaban J connectivity index is 1.31. The molecule has 4 fully saturated rings. The van der Waals surface area contributed by atoms with Crippen molar-refractivity contribution in [1.29, 1.82) is 0 Å². The highest BCUT2D eigenvalue weighted by atomic mass is 16.5. The molecule has 4 rings (SSSR count). The van der Waals surface area contributed by atoms with Gasteiger partial charge in [-0.3, -0.25) is 9.69 Å². The highest BCUT2D eigenvalue weighted by Gasteiger charge is 2.47. The van der Waals surface area contributed by atoms with Gasteiger partial charge < -0.3 is 14.8 Å². The summed E-state index contributed by atoms with van der Waals surface area (Å²) in [5, 5.41) is 2.49. The van der Waals surface area contributed by atoms with E-state index in [2.05, 4.69) is 15.1 Å². The van der Waals surface area contributed by atoms with Gasteiger partial charge in [0, 0.05) is 26.6 Å². The summed E-state index contributed by atoms with van der Waals surface area (Å²) in [7, 11) is 3.41. The molecule has 2 aliphatic heterocycles. The van der Waals surface area contributed by atoms with Gasteiger partial charge in [0.1, 0.15) is 18.8 Å². The summed E-state index contributed by atoms with van der Waals surface area (Å²) in [4.78, 5) is 17.8.